The fourth-order valence-corrected chi connectivity index (χ4v) is 7.43. The Morgan fingerprint density at radius 2 is 1.17 bits per heavy atom. The SMILES string of the molecule is CC1CC(CC2CCC(NC(C)(C)C)C(C)C2)CCC1NC(=O)C1CCC(C(=O)C(C)(C)C)CC1. The van der Waals surface area contributed by atoms with Gasteiger partial charge in [0.15, 0.2) is 0 Å². The van der Waals surface area contributed by atoms with Crippen LogP contribution in [-0.2, 0) is 9.59 Å². The van der Waals surface area contributed by atoms with Crippen molar-refractivity contribution in [3.8, 4) is 0 Å². The molecule has 3 saturated carbocycles. The summed E-state index contributed by atoms with van der Waals surface area (Å²) in [7, 11) is 0. The fraction of sp³-hybridized carbons (Fsp3) is 0.935. The Bertz CT molecular complexity index is 710. The molecule has 0 bridgehead atoms. The second-order valence-corrected chi connectivity index (χ2v) is 14.8. The van der Waals surface area contributed by atoms with Gasteiger partial charge in [-0.25, -0.2) is 0 Å². The van der Waals surface area contributed by atoms with Crippen LogP contribution in [0, 0.1) is 40.9 Å². The van der Waals surface area contributed by atoms with E-state index in [4.69, 9.17) is 0 Å². The predicted molar refractivity (Wildman–Crippen MR) is 146 cm³/mol. The molecule has 4 heteroatoms. The second kappa shape index (κ2) is 11.7. The van der Waals surface area contributed by atoms with Gasteiger partial charge in [0.1, 0.15) is 5.78 Å². The third-order valence-electron chi connectivity index (χ3n) is 9.38. The first-order chi connectivity index (χ1) is 16.2. The maximum atomic E-state index is 13.0. The van der Waals surface area contributed by atoms with E-state index in [0.29, 0.717) is 23.8 Å². The van der Waals surface area contributed by atoms with Crippen LogP contribution in [-0.4, -0.2) is 29.3 Å². The van der Waals surface area contributed by atoms with Crippen molar-refractivity contribution < 1.29 is 9.59 Å². The van der Waals surface area contributed by atoms with Crippen molar-refractivity contribution in [1.82, 2.24) is 10.6 Å². The highest BCUT2D eigenvalue weighted by Gasteiger charge is 2.37. The Kier molecular flexibility index (Phi) is 9.54. The molecule has 3 rings (SSSR count). The van der Waals surface area contributed by atoms with E-state index >= 15 is 0 Å². The number of Topliss-reactive ketones (excluding diaryl/α,β-unsaturated/α-hetero) is 1. The van der Waals surface area contributed by atoms with Gasteiger partial charge in [-0.1, -0.05) is 34.6 Å². The summed E-state index contributed by atoms with van der Waals surface area (Å²) < 4.78 is 0. The van der Waals surface area contributed by atoms with Crippen LogP contribution in [0.2, 0.25) is 0 Å². The van der Waals surface area contributed by atoms with Gasteiger partial charge in [-0.15, -0.1) is 0 Å². The van der Waals surface area contributed by atoms with E-state index in [1.165, 1.54) is 38.5 Å². The van der Waals surface area contributed by atoms with Crippen LogP contribution in [0.3, 0.4) is 0 Å². The van der Waals surface area contributed by atoms with Crippen molar-refractivity contribution in [2.24, 2.45) is 40.9 Å². The lowest BCUT2D eigenvalue weighted by atomic mass is 9.70. The van der Waals surface area contributed by atoms with Gasteiger partial charge in [-0.3, -0.25) is 9.59 Å². The fourth-order valence-electron chi connectivity index (χ4n) is 7.43. The highest BCUT2D eigenvalue weighted by Crippen LogP contribution is 2.40. The van der Waals surface area contributed by atoms with Gasteiger partial charge >= 0.3 is 0 Å². The lowest BCUT2D eigenvalue weighted by Crippen LogP contribution is -2.49. The molecule has 0 aromatic heterocycles. The summed E-state index contributed by atoms with van der Waals surface area (Å²) in [6, 6.07) is 0.996. The Morgan fingerprint density at radius 3 is 1.63 bits per heavy atom. The standard InChI is InChI=1S/C31H56N2O2/c1-20-17-22(19-23-10-16-27(21(2)18-23)33-31(6,7)8)9-15-26(20)32-29(35)25-13-11-24(12-14-25)28(34)30(3,4)5/h20-27,33H,9-19H2,1-8H3,(H,32,35). The van der Waals surface area contributed by atoms with Crippen LogP contribution in [0.15, 0.2) is 0 Å². The highest BCUT2D eigenvalue weighted by atomic mass is 16.2. The monoisotopic (exact) mass is 488 g/mol. The molecule has 0 aromatic carbocycles. The zero-order valence-electron chi connectivity index (χ0n) is 24.2. The minimum absolute atomic E-state index is 0.0994. The number of hydrogen-bond acceptors (Lipinski definition) is 3. The van der Waals surface area contributed by atoms with Gasteiger partial charge in [0.2, 0.25) is 5.91 Å². The van der Waals surface area contributed by atoms with Crippen LogP contribution in [0.5, 0.6) is 0 Å². The Morgan fingerprint density at radius 1 is 0.686 bits per heavy atom. The zero-order valence-corrected chi connectivity index (χ0v) is 24.2. The van der Waals surface area contributed by atoms with Gasteiger partial charge in [0.25, 0.3) is 0 Å². The first-order valence-corrected chi connectivity index (χ1v) is 14.8. The molecule has 0 radical (unpaired) electrons. The Labute approximate surface area is 216 Å². The molecule has 35 heavy (non-hydrogen) atoms. The van der Waals surface area contributed by atoms with Crippen molar-refractivity contribution in [3.05, 3.63) is 0 Å². The predicted octanol–water partition coefficient (Wildman–Crippen LogP) is 6.91. The Balaban J connectivity index is 1.39. The van der Waals surface area contributed by atoms with Gasteiger partial charge in [0, 0.05) is 34.9 Å². The van der Waals surface area contributed by atoms with Crippen molar-refractivity contribution in [2.75, 3.05) is 0 Å². The summed E-state index contributed by atoms with van der Waals surface area (Å²) >= 11 is 0. The molecule has 3 aliphatic rings. The molecule has 2 N–H and O–H groups in total. The molecular weight excluding hydrogens is 432 g/mol. The molecule has 6 unspecified atom stereocenters. The van der Waals surface area contributed by atoms with Gasteiger partial charge < -0.3 is 10.6 Å². The number of carbonyl (C=O) groups is 2. The molecular formula is C31H56N2O2. The minimum atomic E-state index is -0.269. The lowest BCUT2D eigenvalue weighted by molar-refractivity contribution is -0.134. The van der Waals surface area contributed by atoms with E-state index in [1.54, 1.807) is 0 Å². The third kappa shape index (κ3) is 8.30. The maximum Gasteiger partial charge on any atom is 0.223 e. The molecule has 0 heterocycles. The topological polar surface area (TPSA) is 58.2 Å². The van der Waals surface area contributed by atoms with Crippen molar-refractivity contribution >= 4 is 11.7 Å². The van der Waals surface area contributed by atoms with Gasteiger partial charge in [-0.2, -0.15) is 0 Å². The molecule has 3 fully saturated rings. The van der Waals surface area contributed by atoms with Crippen molar-refractivity contribution in [3.63, 3.8) is 0 Å². The van der Waals surface area contributed by atoms with Crippen LogP contribution >= 0.6 is 0 Å². The van der Waals surface area contributed by atoms with Gasteiger partial charge in [-0.05, 0) is 115 Å². The quantitative estimate of drug-likeness (QED) is 0.427. The molecule has 202 valence electrons. The molecule has 0 aliphatic heterocycles. The smallest absolute Gasteiger partial charge is 0.223 e. The average Bonchev–Trinajstić information content (AvgIpc) is 2.75. The zero-order chi connectivity index (χ0) is 26.0. The molecule has 3 aliphatic carbocycles. The van der Waals surface area contributed by atoms with Crippen molar-refractivity contribution in [2.45, 2.75) is 144 Å². The highest BCUT2D eigenvalue weighted by molar-refractivity contribution is 5.86. The Hall–Kier alpha value is -0.900. The van der Waals surface area contributed by atoms with Gasteiger partial charge in [0.05, 0.1) is 0 Å². The summed E-state index contributed by atoms with van der Waals surface area (Å²) in [6.45, 7) is 17.7. The molecule has 0 spiro atoms. The number of hydrogen-bond donors (Lipinski definition) is 2. The average molecular weight is 489 g/mol. The van der Waals surface area contributed by atoms with E-state index in [-0.39, 0.29) is 28.7 Å². The first kappa shape index (κ1) is 28.7. The normalized spacial score (nSPS) is 37.0. The molecule has 0 aromatic rings. The maximum absolute atomic E-state index is 13.0. The summed E-state index contributed by atoms with van der Waals surface area (Å²) in [5.74, 6) is 3.89. The third-order valence-corrected chi connectivity index (χ3v) is 9.38. The molecule has 6 atom stereocenters. The van der Waals surface area contributed by atoms with E-state index in [0.717, 1.165) is 49.9 Å². The van der Waals surface area contributed by atoms with Crippen LogP contribution in [0.1, 0.15) is 126 Å². The minimum Gasteiger partial charge on any atom is -0.353 e. The molecule has 1 amide bonds. The van der Waals surface area contributed by atoms with Crippen LogP contribution < -0.4 is 10.6 Å². The molecule has 0 saturated heterocycles. The van der Waals surface area contributed by atoms with E-state index in [2.05, 4.69) is 45.3 Å². The number of nitrogens with one attached hydrogen (secondary N) is 2. The number of rotatable bonds is 6. The summed E-state index contributed by atoms with van der Waals surface area (Å²) in [6.07, 6.45) is 12.6. The number of carbonyl (C=O) groups excluding carboxylic acids is 2. The van der Waals surface area contributed by atoms with E-state index in [9.17, 15) is 9.59 Å². The largest absolute Gasteiger partial charge is 0.353 e. The lowest BCUT2D eigenvalue weighted by Gasteiger charge is -2.41. The van der Waals surface area contributed by atoms with Crippen LogP contribution in [0.4, 0.5) is 0 Å². The first-order valence-electron chi connectivity index (χ1n) is 14.8. The number of ketones is 1. The van der Waals surface area contributed by atoms with E-state index < -0.39 is 0 Å². The second-order valence-electron chi connectivity index (χ2n) is 14.8. The summed E-state index contributed by atoms with van der Waals surface area (Å²) in [5, 5.41) is 7.29. The summed E-state index contributed by atoms with van der Waals surface area (Å²) in [4.78, 5) is 25.7. The summed E-state index contributed by atoms with van der Waals surface area (Å²) in [5.41, 5.74) is -0.0677. The van der Waals surface area contributed by atoms with E-state index in [1.807, 2.05) is 20.8 Å². The van der Waals surface area contributed by atoms with Crippen LogP contribution in [0.25, 0.3) is 0 Å². The number of amides is 1. The molecule has 4 nitrogen and oxygen atoms in total. The van der Waals surface area contributed by atoms with Crippen molar-refractivity contribution in [1.29, 1.82) is 0 Å².